The highest BCUT2D eigenvalue weighted by molar-refractivity contribution is 6.32. The van der Waals surface area contributed by atoms with Crippen LogP contribution < -0.4 is 10.1 Å². The van der Waals surface area contributed by atoms with E-state index >= 15 is 0 Å². The number of ether oxygens (including phenoxy) is 2. The van der Waals surface area contributed by atoms with E-state index in [1.807, 2.05) is 32.0 Å². The zero-order valence-corrected chi connectivity index (χ0v) is 12.3. The van der Waals surface area contributed by atoms with Gasteiger partial charge in [-0.2, -0.15) is 0 Å². The van der Waals surface area contributed by atoms with Gasteiger partial charge in [0.15, 0.2) is 0 Å². The van der Waals surface area contributed by atoms with Gasteiger partial charge in [-0.1, -0.05) is 18.5 Å². The van der Waals surface area contributed by atoms with Gasteiger partial charge in [-0.3, -0.25) is 0 Å². The molecule has 0 aliphatic heterocycles. The van der Waals surface area contributed by atoms with E-state index in [4.69, 9.17) is 21.1 Å². The zero-order valence-electron chi connectivity index (χ0n) is 11.5. The number of halogens is 1. The molecule has 0 spiro atoms. The Hall–Kier alpha value is -0.930. The van der Waals surface area contributed by atoms with E-state index < -0.39 is 0 Å². The highest BCUT2D eigenvalue weighted by Crippen LogP contribution is 2.28. The van der Waals surface area contributed by atoms with Gasteiger partial charge in [0, 0.05) is 18.8 Å². The van der Waals surface area contributed by atoms with Crippen molar-refractivity contribution in [1.29, 1.82) is 0 Å². The molecule has 0 bridgehead atoms. The van der Waals surface area contributed by atoms with Crippen molar-refractivity contribution >= 4 is 17.3 Å². The van der Waals surface area contributed by atoms with Crippen molar-refractivity contribution in [1.82, 2.24) is 0 Å². The topological polar surface area (TPSA) is 30.5 Å². The number of nitrogens with one attached hydrogen (secondary N) is 1. The Kier molecular flexibility index (Phi) is 6.30. The van der Waals surface area contributed by atoms with Crippen LogP contribution in [0.5, 0.6) is 5.75 Å². The molecule has 0 heterocycles. The standard InChI is InChI=1S/C14H22ClNO2/c1-5-11(9-17-4)16-12-6-7-14(13(15)8-12)18-10(2)3/h6-8,10-11,16H,5,9H2,1-4H3. The van der Waals surface area contributed by atoms with Gasteiger partial charge in [0.1, 0.15) is 5.75 Å². The van der Waals surface area contributed by atoms with Crippen LogP contribution in [0.15, 0.2) is 18.2 Å². The highest BCUT2D eigenvalue weighted by Gasteiger charge is 2.08. The quantitative estimate of drug-likeness (QED) is 0.814. The number of methoxy groups -OCH3 is 1. The van der Waals surface area contributed by atoms with Crippen LogP contribution in [0, 0.1) is 0 Å². The fraction of sp³-hybridized carbons (Fsp3) is 0.571. The Morgan fingerprint density at radius 1 is 1.33 bits per heavy atom. The third-order valence-electron chi connectivity index (χ3n) is 2.53. The van der Waals surface area contributed by atoms with Crippen LogP contribution in [-0.2, 0) is 4.74 Å². The molecule has 4 heteroatoms. The van der Waals surface area contributed by atoms with Crippen molar-refractivity contribution in [3.8, 4) is 5.75 Å². The molecule has 1 aromatic carbocycles. The summed E-state index contributed by atoms with van der Waals surface area (Å²) < 4.78 is 10.7. The van der Waals surface area contributed by atoms with Gasteiger partial charge >= 0.3 is 0 Å². The molecule has 3 nitrogen and oxygen atoms in total. The predicted molar refractivity (Wildman–Crippen MR) is 76.8 cm³/mol. The van der Waals surface area contributed by atoms with Gasteiger partial charge in [-0.25, -0.2) is 0 Å². The maximum absolute atomic E-state index is 6.18. The van der Waals surface area contributed by atoms with Crippen LogP contribution in [0.1, 0.15) is 27.2 Å². The number of rotatable bonds is 7. The molecule has 0 aliphatic rings. The van der Waals surface area contributed by atoms with Gasteiger partial charge in [0.2, 0.25) is 0 Å². The maximum Gasteiger partial charge on any atom is 0.138 e. The zero-order chi connectivity index (χ0) is 13.5. The molecule has 0 aliphatic carbocycles. The van der Waals surface area contributed by atoms with Crippen molar-refractivity contribution in [2.75, 3.05) is 19.0 Å². The van der Waals surface area contributed by atoms with E-state index in [2.05, 4.69) is 12.2 Å². The van der Waals surface area contributed by atoms with E-state index in [-0.39, 0.29) is 6.10 Å². The van der Waals surface area contributed by atoms with E-state index in [0.29, 0.717) is 17.7 Å². The molecule has 0 aromatic heterocycles. The fourth-order valence-electron chi connectivity index (χ4n) is 1.64. The molecular weight excluding hydrogens is 250 g/mol. The molecule has 18 heavy (non-hydrogen) atoms. The number of anilines is 1. The Bertz CT molecular complexity index is 369. The summed E-state index contributed by atoms with van der Waals surface area (Å²) in [5.74, 6) is 0.719. The molecule has 0 saturated heterocycles. The SMILES string of the molecule is CCC(COC)Nc1ccc(OC(C)C)c(Cl)c1. The van der Waals surface area contributed by atoms with Crippen molar-refractivity contribution in [2.45, 2.75) is 39.3 Å². The van der Waals surface area contributed by atoms with Gasteiger partial charge in [0.25, 0.3) is 0 Å². The first-order valence-electron chi connectivity index (χ1n) is 6.28. The van der Waals surface area contributed by atoms with Crippen molar-refractivity contribution < 1.29 is 9.47 Å². The molecule has 0 amide bonds. The highest BCUT2D eigenvalue weighted by atomic mass is 35.5. The molecule has 0 fully saturated rings. The lowest BCUT2D eigenvalue weighted by Crippen LogP contribution is -2.23. The molecule has 1 aromatic rings. The fourth-order valence-corrected chi connectivity index (χ4v) is 1.86. The molecule has 1 unspecified atom stereocenters. The first-order chi connectivity index (χ1) is 8.56. The van der Waals surface area contributed by atoms with Crippen LogP contribution >= 0.6 is 11.6 Å². The van der Waals surface area contributed by atoms with Crippen LogP contribution in [0.3, 0.4) is 0 Å². The second kappa shape index (κ2) is 7.49. The minimum Gasteiger partial charge on any atom is -0.489 e. The lowest BCUT2D eigenvalue weighted by molar-refractivity contribution is 0.184. The third kappa shape index (κ3) is 4.75. The predicted octanol–water partition coefficient (Wildman–Crippen LogP) is 3.96. The molecular formula is C14H22ClNO2. The summed E-state index contributed by atoms with van der Waals surface area (Å²) in [4.78, 5) is 0. The van der Waals surface area contributed by atoms with Crippen LogP contribution in [0.25, 0.3) is 0 Å². The molecule has 1 atom stereocenters. The van der Waals surface area contributed by atoms with Gasteiger partial charge in [-0.15, -0.1) is 0 Å². The smallest absolute Gasteiger partial charge is 0.138 e. The van der Waals surface area contributed by atoms with Gasteiger partial charge < -0.3 is 14.8 Å². The number of hydrogen-bond acceptors (Lipinski definition) is 3. The summed E-state index contributed by atoms with van der Waals surface area (Å²) in [6.07, 6.45) is 1.12. The lowest BCUT2D eigenvalue weighted by atomic mass is 10.2. The normalized spacial score (nSPS) is 12.6. The monoisotopic (exact) mass is 271 g/mol. The molecule has 102 valence electrons. The lowest BCUT2D eigenvalue weighted by Gasteiger charge is -2.18. The molecule has 1 rings (SSSR count). The van der Waals surface area contributed by atoms with Crippen LogP contribution in [-0.4, -0.2) is 25.9 Å². The van der Waals surface area contributed by atoms with Crippen molar-refractivity contribution in [3.63, 3.8) is 0 Å². The number of hydrogen-bond donors (Lipinski definition) is 1. The summed E-state index contributed by atoms with van der Waals surface area (Å²) in [5.41, 5.74) is 0.986. The average molecular weight is 272 g/mol. The Balaban J connectivity index is 2.71. The van der Waals surface area contributed by atoms with E-state index in [0.717, 1.165) is 17.9 Å². The summed E-state index contributed by atoms with van der Waals surface area (Å²) in [6.45, 7) is 6.76. The number of benzene rings is 1. The molecule has 1 N–H and O–H groups in total. The van der Waals surface area contributed by atoms with E-state index in [1.165, 1.54) is 0 Å². The van der Waals surface area contributed by atoms with Crippen LogP contribution in [0.2, 0.25) is 5.02 Å². The van der Waals surface area contributed by atoms with Crippen LogP contribution in [0.4, 0.5) is 5.69 Å². The summed E-state index contributed by atoms with van der Waals surface area (Å²) in [7, 11) is 1.71. The summed E-state index contributed by atoms with van der Waals surface area (Å²) >= 11 is 6.18. The minimum absolute atomic E-state index is 0.123. The van der Waals surface area contributed by atoms with Crippen molar-refractivity contribution in [2.24, 2.45) is 0 Å². The Labute approximate surface area is 114 Å². The van der Waals surface area contributed by atoms with Crippen molar-refractivity contribution in [3.05, 3.63) is 23.2 Å². The van der Waals surface area contributed by atoms with Gasteiger partial charge in [-0.05, 0) is 38.5 Å². The first-order valence-corrected chi connectivity index (χ1v) is 6.66. The minimum atomic E-state index is 0.123. The van der Waals surface area contributed by atoms with E-state index in [9.17, 15) is 0 Å². The maximum atomic E-state index is 6.18. The Morgan fingerprint density at radius 2 is 2.06 bits per heavy atom. The second-order valence-electron chi connectivity index (χ2n) is 4.52. The molecule has 0 saturated carbocycles. The molecule has 0 radical (unpaired) electrons. The first kappa shape index (κ1) is 15.1. The van der Waals surface area contributed by atoms with Gasteiger partial charge in [0.05, 0.1) is 17.7 Å². The summed E-state index contributed by atoms with van der Waals surface area (Å²) in [6, 6.07) is 6.05. The average Bonchev–Trinajstić information content (AvgIpc) is 2.31. The Morgan fingerprint density at radius 3 is 2.56 bits per heavy atom. The third-order valence-corrected chi connectivity index (χ3v) is 2.82. The summed E-state index contributed by atoms with van der Waals surface area (Å²) in [5, 5.41) is 4.01. The second-order valence-corrected chi connectivity index (χ2v) is 4.92. The largest absolute Gasteiger partial charge is 0.489 e. The van der Waals surface area contributed by atoms with E-state index in [1.54, 1.807) is 7.11 Å².